The minimum Gasteiger partial charge on any atom is -0.399 e. The second kappa shape index (κ2) is 5.90. The van der Waals surface area contributed by atoms with Gasteiger partial charge in [-0.05, 0) is 24.7 Å². The molecule has 0 aliphatic heterocycles. The van der Waals surface area contributed by atoms with Gasteiger partial charge in [0.1, 0.15) is 0 Å². The summed E-state index contributed by atoms with van der Waals surface area (Å²) in [5.74, 6) is 0.890. The normalized spacial score (nSPS) is 10.8. The van der Waals surface area contributed by atoms with Crippen molar-refractivity contribution in [2.24, 2.45) is 0 Å². The Labute approximate surface area is 89.0 Å². The molecule has 0 saturated heterocycles. The van der Waals surface area contributed by atoms with Crippen molar-refractivity contribution >= 4 is 17.6 Å². The SMILES string of the molecule is CN(CCO)SCc1cccc(N)c1. The highest BCUT2D eigenvalue weighted by molar-refractivity contribution is 7.96. The molecule has 0 fully saturated rings. The zero-order valence-corrected chi connectivity index (χ0v) is 9.13. The van der Waals surface area contributed by atoms with Crippen LogP contribution in [0.3, 0.4) is 0 Å². The molecule has 0 spiro atoms. The largest absolute Gasteiger partial charge is 0.399 e. The molecule has 78 valence electrons. The van der Waals surface area contributed by atoms with Gasteiger partial charge >= 0.3 is 0 Å². The highest BCUT2D eigenvalue weighted by Gasteiger charge is 1.99. The maximum atomic E-state index is 8.70. The maximum Gasteiger partial charge on any atom is 0.0567 e. The van der Waals surface area contributed by atoms with E-state index in [4.69, 9.17) is 10.8 Å². The van der Waals surface area contributed by atoms with E-state index in [1.807, 2.05) is 29.6 Å². The monoisotopic (exact) mass is 212 g/mol. The van der Waals surface area contributed by atoms with E-state index in [9.17, 15) is 0 Å². The molecule has 0 saturated carbocycles. The van der Waals surface area contributed by atoms with Gasteiger partial charge in [-0.2, -0.15) is 0 Å². The van der Waals surface area contributed by atoms with Gasteiger partial charge in [-0.15, -0.1) is 0 Å². The Morgan fingerprint density at radius 2 is 2.29 bits per heavy atom. The minimum atomic E-state index is 0.195. The lowest BCUT2D eigenvalue weighted by molar-refractivity contribution is 0.273. The molecule has 0 bridgehead atoms. The number of aliphatic hydroxyl groups excluding tert-OH is 1. The number of nitrogens with zero attached hydrogens (tertiary/aromatic N) is 1. The molecule has 0 aliphatic rings. The highest BCUT2D eigenvalue weighted by Crippen LogP contribution is 2.16. The second-order valence-electron chi connectivity index (χ2n) is 3.09. The predicted molar refractivity (Wildman–Crippen MR) is 61.9 cm³/mol. The fraction of sp³-hybridized carbons (Fsp3) is 0.400. The lowest BCUT2D eigenvalue weighted by atomic mass is 10.2. The summed E-state index contributed by atoms with van der Waals surface area (Å²) in [7, 11) is 1.97. The third-order valence-corrected chi connectivity index (χ3v) is 2.90. The van der Waals surface area contributed by atoms with E-state index in [-0.39, 0.29) is 6.61 Å². The van der Waals surface area contributed by atoms with Gasteiger partial charge in [0.25, 0.3) is 0 Å². The Kier molecular flexibility index (Phi) is 4.79. The molecule has 4 heteroatoms. The summed E-state index contributed by atoms with van der Waals surface area (Å²) < 4.78 is 2.02. The first-order chi connectivity index (χ1) is 6.72. The summed E-state index contributed by atoms with van der Waals surface area (Å²) in [6.45, 7) is 0.882. The van der Waals surface area contributed by atoms with Crippen LogP contribution in [-0.2, 0) is 5.75 Å². The van der Waals surface area contributed by atoms with Crippen molar-refractivity contribution in [1.29, 1.82) is 0 Å². The van der Waals surface area contributed by atoms with Crippen LogP contribution in [0.15, 0.2) is 24.3 Å². The molecule has 0 heterocycles. The Balaban J connectivity index is 2.37. The number of rotatable bonds is 5. The molecular formula is C10H16N2OS. The van der Waals surface area contributed by atoms with Gasteiger partial charge in [-0.3, -0.25) is 4.31 Å². The first-order valence-electron chi connectivity index (χ1n) is 4.51. The third kappa shape index (κ3) is 4.00. The molecule has 0 amide bonds. The number of nitrogen functional groups attached to an aromatic ring is 1. The molecule has 0 radical (unpaired) electrons. The third-order valence-electron chi connectivity index (χ3n) is 1.82. The summed E-state index contributed by atoms with van der Waals surface area (Å²) in [5, 5.41) is 8.70. The number of aliphatic hydroxyl groups is 1. The minimum absolute atomic E-state index is 0.195. The smallest absolute Gasteiger partial charge is 0.0567 e. The summed E-state index contributed by atoms with van der Waals surface area (Å²) in [6.07, 6.45) is 0. The molecular weight excluding hydrogens is 196 g/mol. The molecule has 0 atom stereocenters. The Morgan fingerprint density at radius 3 is 2.93 bits per heavy atom. The summed E-state index contributed by atoms with van der Waals surface area (Å²) in [4.78, 5) is 0. The lowest BCUT2D eigenvalue weighted by Crippen LogP contribution is -2.14. The molecule has 3 nitrogen and oxygen atoms in total. The summed E-state index contributed by atoms with van der Waals surface area (Å²) in [6, 6.07) is 7.86. The van der Waals surface area contributed by atoms with Crippen LogP contribution < -0.4 is 5.73 Å². The maximum absolute atomic E-state index is 8.70. The molecule has 0 aromatic heterocycles. The average molecular weight is 212 g/mol. The van der Waals surface area contributed by atoms with E-state index in [1.54, 1.807) is 11.9 Å². The first-order valence-corrected chi connectivity index (χ1v) is 5.46. The Bertz CT molecular complexity index is 281. The molecule has 14 heavy (non-hydrogen) atoms. The topological polar surface area (TPSA) is 49.5 Å². The van der Waals surface area contributed by atoms with Gasteiger partial charge in [0.05, 0.1) is 6.61 Å². The zero-order chi connectivity index (χ0) is 10.4. The van der Waals surface area contributed by atoms with Crippen LogP contribution in [0.2, 0.25) is 0 Å². The molecule has 1 aromatic carbocycles. The van der Waals surface area contributed by atoms with Crippen molar-refractivity contribution in [2.75, 3.05) is 25.9 Å². The zero-order valence-electron chi connectivity index (χ0n) is 8.31. The van der Waals surface area contributed by atoms with E-state index in [0.29, 0.717) is 6.54 Å². The van der Waals surface area contributed by atoms with Crippen LogP contribution >= 0.6 is 11.9 Å². The number of nitrogens with two attached hydrogens (primary N) is 1. The van der Waals surface area contributed by atoms with Gasteiger partial charge in [-0.25, -0.2) is 0 Å². The fourth-order valence-electron chi connectivity index (χ4n) is 1.07. The number of anilines is 1. The van der Waals surface area contributed by atoms with Crippen molar-refractivity contribution in [1.82, 2.24) is 4.31 Å². The van der Waals surface area contributed by atoms with Gasteiger partial charge in [-0.1, -0.05) is 24.1 Å². The van der Waals surface area contributed by atoms with Crippen LogP contribution in [-0.4, -0.2) is 29.6 Å². The number of hydrogen-bond donors (Lipinski definition) is 2. The van der Waals surface area contributed by atoms with E-state index in [2.05, 4.69) is 6.07 Å². The number of benzene rings is 1. The molecule has 1 aromatic rings. The van der Waals surface area contributed by atoms with Crippen molar-refractivity contribution < 1.29 is 5.11 Å². The van der Waals surface area contributed by atoms with Crippen LogP contribution in [0, 0.1) is 0 Å². The van der Waals surface area contributed by atoms with Crippen molar-refractivity contribution in [2.45, 2.75) is 5.75 Å². The molecule has 1 rings (SSSR count). The summed E-state index contributed by atoms with van der Waals surface area (Å²) in [5.41, 5.74) is 7.67. The van der Waals surface area contributed by atoms with E-state index in [0.717, 1.165) is 11.4 Å². The van der Waals surface area contributed by atoms with Crippen LogP contribution in [0.25, 0.3) is 0 Å². The van der Waals surface area contributed by atoms with Crippen molar-refractivity contribution in [3.63, 3.8) is 0 Å². The Morgan fingerprint density at radius 1 is 1.50 bits per heavy atom. The van der Waals surface area contributed by atoms with Crippen molar-refractivity contribution in [3.05, 3.63) is 29.8 Å². The summed E-state index contributed by atoms with van der Waals surface area (Å²) >= 11 is 1.68. The van der Waals surface area contributed by atoms with Crippen LogP contribution in [0.1, 0.15) is 5.56 Å². The van der Waals surface area contributed by atoms with Crippen LogP contribution in [0.5, 0.6) is 0 Å². The quantitative estimate of drug-likeness (QED) is 0.571. The lowest BCUT2D eigenvalue weighted by Gasteiger charge is -2.13. The predicted octanol–water partition coefficient (Wildman–Crippen LogP) is 1.34. The average Bonchev–Trinajstić information content (AvgIpc) is 2.15. The van der Waals surface area contributed by atoms with Crippen LogP contribution in [0.4, 0.5) is 5.69 Å². The van der Waals surface area contributed by atoms with Gasteiger partial charge < -0.3 is 10.8 Å². The number of hydrogen-bond acceptors (Lipinski definition) is 4. The van der Waals surface area contributed by atoms with Gasteiger partial charge in [0.2, 0.25) is 0 Å². The Hall–Kier alpha value is -0.710. The van der Waals surface area contributed by atoms with E-state index < -0.39 is 0 Å². The molecule has 0 unspecified atom stereocenters. The van der Waals surface area contributed by atoms with Crippen molar-refractivity contribution in [3.8, 4) is 0 Å². The number of likely N-dealkylation sites (N-methyl/N-ethyl adjacent to an activating group) is 1. The standard InChI is InChI=1S/C10H16N2OS/c1-12(5-6-13)14-8-9-3-2-4-10(11)7-9/h2-4,7,13H,5-6,8,11H2,1H3. The van der Waals surface area contributed by atoms with E-state index >= 15 is 0 Å². The second-order valence-corrected chi connectivity index (χ2v) is 4.26. The highest BCUT2D eigenvalue weighted by atomic mass is 32.2. The molecule has 3 N–H and O–H groups in total. The van der Waals surface area contributed by atoms with Gasteiger partial charge in [0.15, 0.2) is 0 Å². The van der Waals surface area contributed by atoms with Gasteiger partial charge in [0, 0.05) is 18.0 Å². The fourth-order valence-corrected chi connectivity index (χ4v) is 1.83. The first kappa shape index (κ1) is 11.4. The molecule has 0 aliphatic carbocycles. The van der Waals surface area contributed by atoms with E-state index in [1.165, 1.54) is 5.56 Å².